The van der Waals surface area contributed by atoms with Gasteiger partial charge in [-0.05, 0) is 69.4 Å². The Balaban J connectivity index is 1.09. The van der Waals surface area contributed by atoms with Crippen LogP contribution in [0, 0.1) is 12.7 Å². The molecule has 1 saturated heterocycles. The van der Waals surface area contributed by atoms with Crippen LogP contribution in [0.25, 0.3) is 22.3 Å². The van der Waals surface area contributed by atoms with Gasteiger partial charge >= 0.3 is 0 Å². The molecule has 0 bridgehead atoms. The smallest absolute Gasteiger partial charge is 0.229 e. The lowest BCUT2D eigenvalue weighted by Crippen LogP contribution is -2.46. The molecule has 39 heavy (non-hydrogen) atoms. The summed E-state index contributed by atoms with van der Waals surface area (Å²) in [5.41, 5.74) is 5.17. The molecule has 1 saturated carbocycles. The van der Waals surface area contributed by atoms with Gasteiger partial charge < -0.3 is 9.88 Å². The van der Waals surface area contributed by atoms with E-state index in [1.165, 1.54) is 24.6 Å². The summed E-state index contributed by atoms with van der Waals surface area (Å²) in [6.45, 7) is 11.9. The van der Waals surface area contributed by atoms with Crippen LogP contribution in [0.1, 0.15) is 50.1 Å². The zero-order chi connectivity index (χ0) is 26.7. The van der Waals surface area contributed by atoms with E-state index in [-0.39, 0.29) is 11.2 Å². The molecule has 4 aromatic rings. The second-order valence-corrected chi connectivity index (χ2v) is 11.9. The van der Waals surface area contributed by atoms with Crippen molar-refractivity contribution in [1.29, 1.82) is 0 Å². The molecule has 1 N–H and O–H groups in total. The molecule has 2 fully saturated rings. The minimum Gasteiger partial charge on any atom is -0.322 e. The molecule has 2 aliphatic heterocycles. The molecule has 3 aromatic heterocycles. The van der Waals surface area contributed by atoms with Gasteiger partial charge in [0.25, 0.3) is 0 Å². The SMILES string of the molecule is Cc1cc(-c2nc(Nc3ccc(CN4CCN(C5CC5)CC4)cn3)ncc2F)cc2c1nc1n2C(C)(C)CC1. The predicted octanol–water partition coefficient (Wildman–Crippen LogP) is 5.04. The molecule has 0 spiro atoms. The minimum absolute atomic E-state index is 0.0190. The Morgan fingerprint density at radius 1 is 1.03 bits per heavy atom. The van der Waals surface area contributed by atoms with Crippen LogP contribution in [0.2, 0.25) is 0 Å². The fourth-order valence-corrected chi connectivity index (χ4v) is 6.23. The van der Waals surface area contributed by atoms with Crippen LogP contribution in [-0.2, 0) is 18.5 Å². The van der Waals surface area contributed by atoms with E-state index in [9.17, 15) is 0 Å². The molecule has 9 heteroatoms. The van der Waals surface area contributed by atoms with Crippen molar-refractivity contribution in [2.24, 2.45) is 0 Å². The number of aromatic nitrogens is 5. The number of halogens is 1. The Morgan fingerprint density at radius 3 is 2.59 bits per heavy atom. The number of rotatable bonds is 6. The first-order chi connectivity index (χ1) is 18.8. The summed E-state index contributed by atoms with van der Waals surface area (Å²) in [6, 6.07) is 8.85. The molecule has 0 unspecified atom stereocenters. The molecular formula is C30H35FN8. The van der Waals surface area contributed by atoms with Gasteiger partial charge in [0, 0.05) is 62.5 Å². The van der Waals surface area contributed by atoms with Crippen molar-refractivity contribution in [2.45, 2.75) is 64.6 Å². The summed E-state index contributed by atoms with van der Waals surface area (Å²) >= 11 is 0. The van der Waals surface area contributed by atoms with Crippen molar-refractivity contribution >= 4 is 22.8 Å². The maximum absolute atomic E-state index is 15.0. The number of piperazine rings is 1. The number of hydrogen-bond donors (Lipinski definition) is 1. The molecule has 5 heterocycles. The Bertz CT molecular complexity index is 1530. The van der Waals surface area contributed by atoms with Gasteiger partial charge in [0.15, 0.2) is 5.82 Å². The van der Waals surface area contributed by atoms with Crippen LogP contribution < -0.4 is 5.32 Å². The number of nitrogens with zero attached hydrogens (tertiary/aromatic N) is 7. The fourth-order valence-electron chi connectivity index (χ4n) is 6.23. The van der Waals surface area contributed by atoms with E-state index < -0.39 is 5.82 Å². The summed E-state index contributed by atoms with van der Waals surface area (Å²) in [6.07, 6.45) is 7.88. The average molecular weight is 527 g/mol. The molecular weight excluding hydrogens is 491 g/mol. The number of nitrogens with one attached hydrogen (secondary N) is 1. The summed E-state index contributed by atoms with van der Waals surface area (Å²) < 4.78 is 17.3. The number of benzene rings is 1. The van der Waals surface area contributed by atoms with E-state index in [0.717, 1.165) is 79.6 Å². The molecule has 3 aliphatic rings. The largest absolute Gasteiger partial charge is 0.322 e. The van der Waals surface area contributed by atoms with Crippen molar-refractivity contribution < 1.29 is 4.39 Å². The summed E-state index contributed by atoms with van der Waals surface area (Å²) in [7, 11) is 0. The van der Waals surface area contributed by atoms with Crippen molar-refractivity contribution in [1.82, 2.24) is 34.3 Å². The third-order valence-electron chi connectivity index (χ3n) is 8.54. The Labute approximate surface area is 228 Å². The van der Waals surface area contributed by atoms with E-state index in [1.807, 2.05) is 31.3 Å². The van der Waals surface area contributed by atoms with Crippen molar-refractivity contribution in [3.63, 3.8) is 0 Å². The van der Waals surface area contributed by atoms with Crippen LogP contribution >= 0.6 is 0 Å². The van der Waals surface area contributed by atoms with E-state index in [4.69, 9.17) is 4.98 Å². The molecule has 0 amide bonds. The van der Waals surface area contributed by atoms with Gasteiger partial charge in [0.2, 0.25) is 5.95 Å². The highest BCUT2D eigenvalue weighted by Gasteiger charge is 2.33. The normalized spacial score (nSPS) is 19.5. The van der Waals surface area contributed by atoms with E-state index >= 15 is 4.39 Å². The monoisotopic (exact) mass is 526 g/mol. The molecule has 202 valence electrons. The summed E-state index contributed by atoms with van der Waals surface area (Å²) in [5.74, 6) is 1.59. The summed E-state index contributed by atoms with van der Waals surface area (Å²) in [4.78, 5) is 23.3. The van der Waals surface area contributed by atoms with Crippen LogP contribution in [0.3, 0.4) is 0 Å². The van der Waals surface area contributed by atoms with Crippen molar-refractivity contribution in [2.75, 3.05) is 31.5 Å². The third kappa shape index (κ3) is 4.67. The molecule has 1 aliphatic carbocycles. The van der Waals surface area contributed by atoms with Crippen molar-refractivity contribution in [3.8, 4) is 11.3 Å². The number of anilines is 2. The number of hydrogen-bond acceptors (Lipinski definition) is 7. The molecule has 7 rings (SSSR count). The van der Waals surface area contributed by atoms with Gasteiger partial charge in [-0.3, -0.25) is 9.80 Å². The lowest BCUT2D eigenvalue weighted by molar-refractivity contribution is 0.121. The lowest BCUT2D eigenvalue weighted by Gasteiger charge is -2.34. The van der Waals surface area contributed by atoms with Crippen LogP contribution in [0.4, 0.5) is 16.2 Å². The maximum Gasteiger partial charge on any atom is 0.229 e. The van der Waals surface area contributed by atoms with Gasteiger partial charge in [0.1, 0.15) is 17.3 Å². The van der Waals surface area contributed by atoms with Gasteiger partial charge in [-0.2, -0.15) is 0 Å². The van der Waals surface area contributed by atoms with Crippen LogP contribution in [0.5, 0.6) is 0 Å². The highest BCUT2D eigenvalue weighted by molar-refractivity contribution is 5.86. The van der Waals surface area contributed by atoms with Gasteiger partial charge in [-0.1, -0.05) is 6.07 Å². The highest BCUT2D eigenvalue weighted by Crippen LogP contribution is 2.38. The molecule has 1 aromatic carbocycles. The second-order valence-electron chi connectivity index (χ2n) is 11.9. The van der Waals surface area contributed by atoms with Crippen LogP contribution in [-0.4, -0.2) is 66.5 Å². The zero-order valence-corrected chi connectivity index (χ0v) is 22.9. The Morgan fingerprint density at radius 2 is 1.85 bits per heavy atom. The van der Waals surface area contributed by atoms with Gasteiger partial charge in [0.05, 0.1) is 17.2 Å². The first kappa shape index (κ1) is 24.6. The van der Waals surface area contributed by atoms with Gasteiger partial charge in [-0.25, -0.2) is 24.3 Å². The fraction of sp³-hybridized carbons (Fsp3) is 0.467. The van der Waals surface area contributed by atoms with Crippen LogP contribution in [0.15, 0.2) is 36.7 Å². The average Bonchev–Trinajstić information content (AvgIpc) is 3.63. The van der Waals surface area contributed by atoms with Gasteiger partial charge in [-0.15, -0.1) is 0 Å². The Hall–Kier alpha value is -3.43. The quantitative estimate of drug-likeness (QED) is 0.377. The minimum atomic E-state index is -0.454. The molecule has 0 atom stereocenters. The molecule has 0 radical (unpaired) electrons. The third-order valence-corrected chi connectivity index (χ3v) is 8.54. The Kier molecular flexibility index (Phi) is 5.89. The summed E-state index contributed by atoms with van der Waals surface area (Å²) in [5, 5.41) is 3.16. The predicted molar refractivity (Wildman–Crippen MR) is 150 cm³/mol. The highest BCUT2D eigenvalue weighted by atomic mass is 19.1. The standard InChI is InChI=1S/C30H35FN8/c1-19-14-21(15-24-27(19)35-26-8-9-30(2,3)39(24)26)28-23(31)17-33-29(36-28)34-25-7-4-20(16-32-25)18-37-10-12-38(13-11-37)22-5-6-22/h4,7,14-17,22H,5-6,8-13,18H2,1-3H3,(H,32,33,34,36). The number of pyridine rings is 1. The topological polar surface area (TPSA) is 75.0 Å². The number of fused-ring (bicyclic) bond motifs is 3. The number of imidazole rings is 1. The first-order valence-electron chi connectivity index (χ1n) is 14.1. The zero-order valence-electron chi connectivity index (χ0n) is 22.9. The van der Waals surface area contributed by atoms with E-state index in [1.54, 1.807) is 0 Å². The second kappa shape index (κ2) is 9.34. The van der Waals surface area contributed by atoms with E-state index in [0.29, 0.717) is 11.8 Å². The molecule has 8 nitrogen and oxygen atoms in total. The first-order valence-corrected chi connectivity index (χ1v) is 14.1. The lowest BCUT2D eigenvalue weighted by atomic mass is 10.0. The number of aryl methyl sites for hydroxylation is 2. The maximum atomic E-state index is 15.0. The van der Waals surface area contributed by atoms with E-state index in [2.05, 4.69) is 54.5 Å². The van der Waals surface area contributed by atoms with Crippen molar-refractivity contribution in [3.05, 3.63) is 59.4 Å².